The number of hydrogen-bond donors (Lipinski definition) is 2. The fourth-order valence-corrected chi connectivity index (χ4v) is 2.41. The summed E-state index contributed by atoms with van der Waals surface area (Å²) in [4.78, 5) is 11.8. The van der Waals surface area contributed by atoms with Gasteiger partial charge in [-0.1, -0.05) is 25.0 Å². The van der Waals surface area contributed by atoms with Gasteiger partial charge in [-0.3, -0.25) is 4.79 Å². The zero-order valence-corrected chi connectivity index (χ0v) is 8.98. The SMILES string of the molecule is O=C(N[C@@H]1CCCC[C@H]1O)C1CC=CC1. The van der Waals surface area contributed by atoms with Gasteiger partial charge in [0.15, 0.2) is 0 Å². The first-order valence-corrected chi connectivity index (χ1v) is 5.91. The molecule has 2 rings (SSSR count). The van der Waals surface area contributed by atoms with Crippen molar-refractivity contribution in [1.82, 2.24) is 5.32 Å². The molecule has 2 aliphatic carbocycles. The van der Waals surface area contributed by atoms with Crippen LogP contribution in [-0.2, 0) is 4.79 Å². The Balaban J connectivity index is 1.82. The van der Waals surface area contributed by atoms with Crippen LogP contribution in [0, 0.1) is 5.92 Å². The fraction of sp³-hybridized carbons (Fsp3) is 0.750. The van der Waals surface area contributed by atoms with Gasteiger partial charge in [0, 0.05) is 5.92 Å². The van der Waals surface area contributed by atoms with E-state index in [-0.39, 0.29) is 24.0 Å². The van der Waals surface area contributed by atoms with Crippen molar-refractivity contribution in [2.24, 2.45) is 5.92 Å². The summed E-state index contributed by atoms with van der Waals surface area (Å²) in [5.41, 5.74) is 0. The quantitative estimate of drug-likeness (QED) is 0.675. The van der Waals surface area contributed by atoms with E-state index in [2.05, 4.69) is 17.5 Å². The summed E-state index contributed by atoms with van der Waals surface area (Å²) in [7, 11) is 0. The minimum absolute atomic E-state index is 0.00755. The summed E-state index contributed by atoms with van der Waals surface area (Å²) >= 11 is 0. The molecule has 3 nitrogen and oxygen atoms in total. The topological polar surface area (TPSA) is 49.3 Å². The number of hydrogen-bond acceptors (Lipinski definition) is 2. The second-order valence-corrected chi connectivity index (χ2v) is 4.61. The summed E-state index contributed by atoms with van der Waals surface area (Å²) in [5.74, 6) is 0.227. The maximum atomic E-state index is 11.8. The third-order valence-corrected chi connectivity index (χ3v) is 3.44. The number of nitrogens with one attached hydrogen (secondary N) is 1. The van der Waals surface area contributed by atoms with Crippen molar-refractivity contribution in [3.05, 3.63) is 12.2 Å². The van der Waals surface area contributed by atoms with E-state index in [1.54, 1.807) is 0 Å². The highest BCUT2D eigenvalue weighted by Gasteiger charge is 2.27. The van der Waals surface area contributed by atoms with Crippen LogP contribution in [0.1, 0.15) is 38.5 Å². The van der Waals surface area contributed by atoms with Crippen molar-refractivity contribution in [3.8, 4) is 0 Å². The van der Waals surface area contributed by atoms with Crippen molar-refractivity contribution >= 4 is 5.91 Å². The number of carbonyl (C=O) groups is 1. The highest BCUT2D eigenvalue weighted by Crippen LogP contribution is 2.21. The standard InChI is InChI=1S/C12H19NO2/c14-11-8-4-3-7-10(11)13-12(15)9-5-1-2-6-9/h1-2,9-11,14H,3-8H2,(H,13,15)/t10-,11-/m1/s1. The van der Waals surface area contributed by atoms with Crippen molar-refractivity contribution in [2.75, 3.05) is 0 Å². The summed E-state index contributed by atoms with van der Waals surface area (Å²) < 4.78 is 0. The molecule has 2 N–H and O–H groups in total. The molecule has 2 atom stereocenters. The molecule has 1 fully saturated rings. The number of amides is 1. The number of carbonyl (C=O) groups excluding carboxylic acids is 1. The summed E-state index contributed by atoms with van der Waals surface area (Å²) in [6.45, 7) is 0. The number of aliphatic hydroxyl groups excluding tert-OH is 1. The van der Waals surface area contributed by atoms with Gasteiger partial charge < -0.3 is 10.4 Å². The molecule has 0 aromatic carbocycles. The fourth-order valence-electron chi connectivity index (χ4n) is 2.41. The summed E-state index contributed by atoms with van der Waals surface area (Å²) in [6.07, 6.45) is 9.44. The number of allylic oxidation sites excluding steroid dienone is 2. The van der Waals surface area contributed by atoms with E-state index in [0.717, 1.165) is 38.5 Å². The van der Waals surface area contributed by atoms with Crippen LogP contribution in [0.25, 0.3) is 0 Å². The maximum Gasteiger partial charge on any atom is 0.224 e. The van der Waals surface area contributed by atoms with Gasteiger partial charge in [-0.05, 0) is 25.7 Å². The van der Waals surface area contributed by atoms with Crippen LogP contribution in [0.5, 0.6) is 0 Å². The normalized spacial score (nSPS) is 31.8. The minimum atomic E-state index is -0.336. The molecule has 15 heavy (non-hydrogen) atoms. The monoisotopic (exact) mass is 209 g/mol. The van der Waals surface area contributed by atoms with Gasteiger partial charge >= 0.3 is 0 Å². The molecule has 0 aromatic heterocycles. The zero-order chi connectivity index (χ0) is 10.7. The molecule has 3 heteroatoms. The minimum Gasteiger partial charge on any atom is -0.391 e. The number of rotatable bonds is 2. The van der Waals surface area contributed by atoms with Crippen LogP contribution < -0.4 is 5.32 Å². The predicted molar refractivity (Wildman–Crippen MR) is 58.3 cm³/mol. The lowest BCUT2D eigenvalue weighted by Gasteiger charge is -2.29. The second kappa shape index (κ2) is 4.79. The lowest BCUT2D eigenvalue weighted by Crippen LogP contribution is -2.46. The molecule has 0 aliphatic heterocycles. The average molecular weight is 209 g/mol. The molecule has 0 aromatic rings. The lowest BCUT2D eigenvalue weighted by atomic mass is 9.92. The van der Waals surface area contributed by atoms with Crippen LogP contribution in [0.3, 0.4) is 0 Å². The Labute approximate surface area is 90.6 Å². The van der Waals surface area contributed by atoms with Crippen molar-refractivity contribution < 1.29 is 9.90 Å². The van der Waals surface area contributed by atoms with Gasteiger partial charge in [-0.15, -0.1) is 0 Å². The first-order chi connectivity index (χ1) is 7.27. The summed E-state index contributed by atoms with van der Waals surface area (Å²) in [6, 6.07) is -0.00755. The van der Waals surface area contributed by atoms with Crippen molar-refractivity contribution in [3.63, 3.8) is 0 Å². The third kappa shape index (κ3) is 2.59. The van der Waals surface area contributed by atoms with Crippen molar-refractivity contribution in [2.45, 2.75) is 50.7 Å². The summed E-state index contributed by atoms with van der Waals surface area (Å²) in [5, 5.41) is 12.7. The Morgan fingerprint density at radius 1 is 1.20 bits per heavy atom. The van der Waals surface area contributed by atoms with Crippen LogP contribution in [0.15, 0.2) is 12.2 Å². The van der Waals surface area contributed by atoms with Gasteiger partial charge in [-0.25, -0.2) is 0 Å². The molecule has 0 radical (unpaired) electrons. The van der Waals surface area contributed by atoms with E-state index in [0.29, 0.717) is 0 Å². The van der Waals surface area contributed by atoms with Gasteiger partial charge in [0.1, 0.15) is 0 Å². The lowest BCUT2D eigenvalue weighted by molar-refractivity contribution is -0.126. The van der Waals surface area contributed by atoms with E-state index in [9.17, 15) is 9.90 Å². The van der Waals surface area contributed by atoms with Crippen molar-refractivity contribution in [1.29, 1.82) is 0 Å². The molecule has 0 spiro atoms. The van der Waals surface area contributed by atoms with Gasteiger partial charge in [0.2, 0.25) is 5.91 Å². The van der Waals surface area contributed by atoms with Crippen LogP contribution in [0.4, 0.5) is 0 Å². The van der Waals surface area contributed by atoms with Crippen LogP contribution in [-0.4, -0.2) is 23.2 Å². The largest absolute Gasteiger partial charge is 0.391 e. The zero-order valence-electron chi connectivity index (χ0n) is 8.98. The van der Waals surface area contributed by atoms with Crippen LogP contribution >= 0.6 is 0 Å². The van der Waals surface area contributed by atoms with Gasteiger partial charge in [0.05, 0.1) is 12.1 Å². The van der Waals surface area contributed by atoms with E-state index in [1.807, 2.05) is 0 Å². The Hall–Kier alpha value is -0.830. The Kier molecular flexibility index (Phi) is 3.41. The first kappa shape index (κ1) is 10.7. The Morgan fingerprint density at radius 2 is 1.87 bits per heavy atom. The molecule has 0 saturated heterocycles. The number of aliphatic hydroxyl groups is 1. The average Bonchev–Trinajstić information content (AvgIpc) is 2.74. The molecule has 1 amide bonds. The smallest absolute Gasteiger partial charge is 0.224 e. The van der Waals surface area contributed by atoms with Crippen LogP contribution in [0.2, 0.25) is 0 Å². The molecule has 2 aliphatic rings. The molecular weight excluding hydrogens is 190 g/mol. The van der Waals surface area contributed by atoms with Gasteiger partial charge in [-0.2, -0.15) is 0 Å². The van der Waals surface area contributed by atoms with E-state index in [4.69, 9.17) is 0 Å². The molecular formula is C12H19NO2. The Morgan fingerprint density at radius 3 is 2.53 bits per heavy atom. The van der Waals surface area contributed by atoms with E-state index >= 15 is 0 Å². The molecule has 0 bridgehead atoms. The first-order valence-electron chi connectivity index (χ1n) is 5.91. The second-order valence-electron chi connectivity index (χ2n) is 4.61. The van der Waals surface area contributed by atoms with E-state index < -0.39 is 0 Å². The highest BCUT2D eigenvalue weighted by atomic mass is 16.3. The van der Waals surface area contributed by atoms with Gasteiger partial charge in [0.25, 0.3) is 0 Å². The molecule has 1 saturated carbocycles. The predicted octanol–water partition coefficient (Wildman–Crippen LogP) is 1.37. The Bertz CT molecular complexity index is 254. The molecule has 0 unspecified atom stereocenters. The highest BCUT2D eigenvalue weighted by molar-refractivity contribution is 5.79. The molecule has 84 valence electrons. The maximum absolute atomic E-state index is 11.8. The van der Waals surface area contributed by atoms with E-state index in [1.165, 1.54) is 0 Å². The molecule has 0 heterocycles. The third-order valence-electron chi connectivity index (χ3n) is 3.44.